The van der Waals surface area contributed by atoms with Crippen LogP contribution in [-0.4, -0.2) is 32.7 Å². The molecule has 0 fully saturated rings. The average Bonchev–Trinajstić information content (AvgIpc) is 3.06. The Balaban J connectivity index is 1.96. The summed E-state index contributed by atoms with van der Waals surface area (Å²) in [6, 6.07) is 9.72. The second kappa shape index (κ2) is 7.46. The van der Waals surface area contributed by atoms with Crippen molar-refractivity contribution in [1.82, 2.24) is 15.0 Å². The Bertz CT molecular complexity index is 1050. The summed E-state index contributed by atoms with van der Waals surface area (Å²) >= 11 is 0. The van der Waals surface area contributed by atoms with Gasteiger partial charge in [0.1, 0.15) is 22.5 Å². The first kappa shape index (κ1) is 19.6. The van der Waals surface area contributed by atoms with E-state index in [1.54, 1.807) is 0 Å². The highest BCUT2D eigenvalue weighted by molar-refractivity contribution is 5.81. The number of carbonyl (C=O) groups excluding carboxylic acids is 1. The fraction of sp³-hybridized carbons (Fsp3) is 0.318. The Morgan fingerprint density at radius 1 is 1.21 bits per heavy atom. The third kappa shape index (κ3) is 4.06. The molecule has 0 aliphatic rings. The van der Waals surface area contributed by atoms with Gasteiger partial charge in [-0.3, -0.25) is 0 Å². The largest absolute Gasteiger partial charge is 0.505 e. The summed E-state index contributed by atoms with van der Waals surface area (Å²) in [5, 5.41) is 19.8. The van der Waals surface area contributed by atoms with Gasteiger partial charge in [0.05, 0.1) is 6.61 Å². The second-order valence-corrected chi connectivity index (χ2v) is 7.86. The second-order valence-electron chi connectivity index (χ2n) is 7.86. The van der Waals surface area contributed by atoms with Gasteiger partial charge in [0, 0.05) is 12.5 Å². The zero-order chi connectivity index (χ0) is 20.5. The van der Waals surface area contributed by atoms with E-state index in [0.29, 0.717) is 17.7 Å². The summed E-state index contributed by atoms with van der Waals surface area (Å²) in [6.07, 6.45) is 1.50. The van der Waals surface area contributed by atoms with Gasteiger partial charge >= 0.3 is 5.97 Å². The number of hydrogen-bond acceptors (Lipinski definition) is 5. The molecule has 0 aliphatic carbocycles. The number of nitrogens with zero attached hydrogens (tertiary/aromatic N) is 3. The maximum absolute atomic E-state index is 11.2. The van der Waals surface area contributed by atoms with Crippen molar-refractivity contribution >= 4 is 17.0 Å². The van der Waals surface area contributed by atoms with Crippen LogP contribution in [0.25, 0.3) is 16.7 Å². The number of ether oxygens (including phenoxy) is 1. The molecule has 2 aromatic carbocycles. The van der Waals surface area contributed by atoms with E-state index in [4.69, 9.17) is 4.74 Å². The number of phenolic OH excluding ortho intramolecular Hbond substituents is 1. The molecule has 1 aromatic heterocycles. The van der Waals surface area contributed by atoms with Crippen molar-refractivity contribution in [3.05, 3.63) is 59.7 Å². The number of benzene rings is 2. The Morgan fingerprint density at radius 3 is 2.61 bits per heavy atom. The molecular formula is C22H25N3O3. The summed E-state index contributed by atoms with van der Waals surface area (Å²) in [7, 11) is 0. The average molecular weight is 379 g/mol. The molecule has 0 atom stereocenters. The zero-order valence-electron chi connectivity index (χ0n) is 16.7. The first-order valence-electron chi connectivity index (χ1n) is 9.18. The predicted octanol–water partition coefficient (Wildman–Crippen LogP) is 4.00. The number of phenols is 1. The first-order valence-corrected chi connectivity index (χ1v) is 9.18. The molecule has 0 aliphatic heterocycles. The van der Waals surface area contributed by atoms with Crippen molar-refractivity contribution in [2.45, 2.75) is 39.5 Å². The zero-order valence-corrected chi connectivity index (χ0v) is 16.7. The summed E-state index contributed by atoms with van der Waals surface area (Å²) in [6.45, 7) is 11.9. The van der Waals surface area contributed by atoms with Gasteiger partial charge in [0.25, 0.3) is 0 Å². The van der Waals surface area contributed by atoms with Crippen LogP contribution in [0.4, 0.5) is 0 Å². The third-order valence-corrected chi connectivity index (χ3v) is 4.56. The molecule has 3 aromatic rings. The molecule has 146 valence electrons. The predicted molar refractivity (Wildman–Crippen MR) is 109 cm³/mol. The summed E-state index contributed by atoms with van der Waals surface area (Å²) in [5.74, 6) is -0.404. The molecule has 6 heteroatoms. The number of fused-ring (bicyclic) bond motifs is 1. The highest BCUT2D eigenvalue weighted by Crippen LogP contribution is 2.29. The maximum atomic E-state index is 11.2. The summed E-state index contributed by atoms with van der Waals surface area (Å²) in [4.78, 5) is 12.7. The Kier molecular flexibility index (Phi) is 5.23. The molecule has 0 unspecified atom stereocenters. The van der Waals surface area contributed by atoms with Crippen molar-refractivity contribution in [3.8, 4) is 11.4 Å². The molecule has 28 heavy (non-hydrogen) atoms. The Hall–Kier alpha value is -3.15. The van der Waals surface area contributed by atoms with Gasteiger partial charge in [-0.05, 0) is 47.2 Å². The maximum Gasteiger partial charge on any atom is 0.330 e. The van der Waals surface area contributed by atoms with Crippen LogP contribution >= 0.6 is 0 Å². The van der Waals surface area contributed by atoms with Gasteiger partial charge in [-0.15, -0.1) is 15.0 Å². The lowest BCUT2D eigenvalue weighted by atomic mass is 9.87. The smallest absolute Gasteiger partial charge is 0.330 e. The van der Waals surface area contributed by atoms with E-state index in [0.717, 1.165) is 22.7 Å². The van der Waals surface area contributed by atoms with Gasteiger partial charge < -0.3 is 9.84 Å². The van der Waals surface area contributed by atoms with Crippen molar-refractivity contribution in [3.63, 3.8) is 0 Å². The molecule has 1 N–H and O–H groups in total. The molecule has 0 bridgehead atoms. The van der Waals surface area contributed by atoms with Crippen molar-refractivity contribution in [2.75, 3.05) is 6.61 Å². The van der Waals surface area contributed by atoms with Gasteiger partial charge in [0.15, 0.2) is 0 Å². The van der Waals surface area contributed by atoms with E-state index < -0.39 is 5.97 Å². The summed E-state index contributed by atoms with van der Waals surface area (Å²) in [5.41, 5.74) is 4.84. The van der Waals surface area contributed by atoms with Crippen LogP contribution in [0, 0.1) is 6.92 Å². The molecule has 0 saturated carbocycles. The number of esters is 1. The third-order valence-electron chi connectivity index (χ3n) is 4.56. The molecule has 0 radical (unpaired) electrons. The van der Waals surface area contributed by atoms with Crippen LogP contribution in [0.2, 0.25) is 0 Å². The molecular weight excluding hydrogens is 354 g/mol. The number of aryl methyl sites for hydroxylation is 1. The highest BCUT2D eigenvalue weighted by atomic mass is 16.5. The molecule has 0 saturated heterocycles. The minimum Gasteiger partial charge on any atom is -0.505 e. The summed E-state index contributed by atoms with van der Waals surface area (Å²) < 4.78 is 5.02. The Morgan fingerprint density at radius 2 is 1.93 bits per heavy atom. The SMILES string of the molecule is C=CC(=O)OCCc1cc(C)cc(-n2nc3ccc(C(C)(C)C)cc3n2)c1O. The standard InChI is InChI=1S/C22H25N3O3/c1-6-20(26)28-10-9-15-11-14(2)12-19(21(15)27)25-23-17-8-7-16(22(3,4)5)13-18(17)24-25/h6-8,11-13,27H,1,9-10H2,2-5H3. The van der Waals surface area contributed by atoms with E-state index >= 15 is 0 Å². The normalized spacial score (nSPS) is 11.6. The van der Waals surface area contributed by atoms with Crippen molar-refractivity contribution < 1.29 is 14.6 Å². The number of hydrogen-bond donors (Lipinski definition) is 1. The fourth-order valence-electron chi connectivity index (χ4n) is 2.99. The first-order chi connectivity index (χ1) is 13.2. The van der Waals surface area contributed by atoms with Crippen LogP contribution in [0.5, 0.6) is 5.75 Å². The Labute approximate surface area is 164 Å². The lowest BCUT2D eigenvalue weighted by molar-refractivity contribution is -0.137. The molecule has 3 rings (SSSR count). The van der Waals surface area contributed by atoms with E-state index in [1.807, 2.05) is 31.2 Å². The highest BCUT2D eigenvalue weighted by Gasteiger charge is 2.17. The molecule has 0 spiro atoms. The quantitative estimate of drug-likeness (QED) is 0.535. The van der Waals surface area contributed by atoms with Gasteiger partial charge in [-0.1, -0.05) is 39.5 Å². The minimum atomic E-state index is -0.484. The number of carbonyl (C=O) groups is 1. The van der Waals surface area contributed by atoms with Crippen LogP contribution in [0.1, 0.15) is 37.5 Å². The minimum absolute atomic E-state index is 0.0134. The van der Waals surface area contributed by atoms with E-state index in [2.05, 4.69) is 43.6 Å². The van der Waals surface area contributed by atoms with Gasteiger partial charge in [-0.2, -0.15) is 0 Å². The number of aromatic hydroxyl groups is 1. The van der Waals surface area contributed by atoms with Crippen LogP contribution in [0.15, 0.2) is 43.0 Å². The molecule has 1 heterocycles. The van der Waals surface area contributed by atoms with Crippen LogP contribution < -0.4 is 0 Å². The molecule has 6 nitrogen and oxygen atoms in total. The van der Waals surface area contributed by atoms with E-state index in [1.165, 1.54) is 10.4 Å². The van der Waals surface area contributed by atoms with Gasteiger partial charge in [0.2, 0.25) is 0 Å². The monoisotopic (exact) mass is 379 g/mol. The van der Waals surface area contributed by atoms with Crippen molar-refractivity contribution in [2.24, 2.45) is 0 Å². The van der Waals surface area contributed by atoms with Crippen LogP contribution in [0.3, 0.4) is 0 Å². The number of rotatable bonds is 5. The van der Waals surface area contributed by atoms with Crippen molar-refractivity contribution in [1.29, 1.82) is 0 Å². The lowest BCUT2D eigenvalue weighted by Crippen LogP contribution is -2.10. The number of aromatic nitrogens is 3. The van der Waals surface area contributed by atoms with Crippen LogP contribution in [-0.2, 0) is 21.4 Å². The van der Waals surface area contributed by atoms with E-state index in [9.17, 15) is 9.90 Å². The van der Waals surface area contributed by atoms with Gasteiger partial charge in [-0.25, -0.2) is 4.79 Å². The molecule has 0 amide bonds. The topological polar surface area (TPSA) is 77.2 Å². The fourth-order valence-corrected chi connectivity index (χ4v) is 2.99. The lowest BCUT2D eigenvalue weighted by Gasteiger charge is -2.18. The van der Waals surface area contributed by atoms with E-state index in [-0.39, 0.29) is 17.8 Å².